The molecule has 1 heterocycles. The predicted octanol–water partition coefficient (Wildman–Crippen LogP) is 0.715. The number of anilines is 1. The van der Waals surface area contributed by atoms with Gasteiger partial charge >= 0.3 is 0 Å². The van der Waals surface area contributed by atoms with Crippen molar-refractivity contribution in [2.45, 2.75) is 26.3 Å². The van der Waals surface area contributed by atoms with Crippen LogP contribution in [0.4, 0.5) is 5.00 Å². The molecule has 0 radical (unpaired) electrons. The van der Waals surface area contributed by atoms with E-state index in [4.69, 9.17) is 10.8 Å². The summed E-state index contributed by atoms with van der Waals surface area (Å²) in [5.74, 6) is 0. The lowest BCUT2D eigenvalue weighted by Crippen LogP contribution is -2.28. The fourth-order valence-electron chi connectivity index (χ4n) is 1.33. The monoisotopic (exact) mass is 230 g/mol. The van der Waals surface area contributed by atoms with Crippen LogP contribution in [-0.4, -0.2) is 39.3 Å². The van der Waals surface area contributed by atoms with Gasteiger partial charge in [-0.25, -0.2) is 0 Å². The summed E-state index contributed by atoms with van der Waals surface area (Å²) in [4.78, 5) is 2.15. The second kappa shape index (κ2) is 6.71. The Hall–Kier alpha value is -0.720. The van der Waals surface area contributed by atoms with Crippen LogP contribution in [0.5, 0.6) is 0 Å². The highest BCUT2D eigenvalue weighted by Crippen LogP contribution is 2.14. The summed E-state index contributed by atoms with van der Waals surface area (Å²) in [6.45, 7) is 4.63. The Balaban J connectivity index is 2.46. The van der Waals surface area contributed by atoms with E-state index in [9.17, 15) is 0 Å². The molecule has 1 rings (SSSR count). The van der Waals surface area contributed by atoms with Crippen molar-refractivity contribution in [3.05, 3.63) is 5.69 Å². The molecule has 6 heteroatoms. The Morgan fingerprint density at radius 1 is 1.47 bits per heavy atom. The van der Waals surface area contributed by atoms with E-state index in [1.165, 1.54) is 11.5 Å². The van der Waals surface area contributed by atoms with Gasteiger partial charge in [0.25, 0.3) is 0 Å². The molecule has 0 saturated carbocycles. The van der Waals surface area contributed by atoms with Gasteiger partial charge in [-0.3, -0.25) is 4.90 Å². The zero-order valence-corrected chi connectivity index (χ0v) is 9.83. The minimum atomic E-state index is 0.168. The van der Waals surface area contributed by atoms with Crippen LogP contribution < -0.4 is 5.73 Å². The lowest BCUT2D eigenvalue weighted by atomic mass is 10.3. The zero-order valence-electron chi connectivity index (χ0n) is 9.02. The van der Waals surface area contributed by atoms with Crippen LogP contribution >= 0.6 is 11.5 Å². The van der Waals surface area contributed by atoms with Crippen LogP contribution in [0, 0.1) is 0 Å². The molecule has 1 aromatic rings. The first kappa shape index (κ1) is 12.4. The number of aliphatic hydroxyl groups is 1. The van der Waals surface area contributed by atoms with Crippen molar-refractivity contribution in [2.75, 3.05) is 25.4 Å². The fraction of sp³-hybridized carbons (Fsp3) is 0.778. The lowest BCUT2D eigenvalue weighted by molar-refractivity contribution is 0.187. The number of rotatable bonds is 7. The Labute approximate surface area is 94.1 Å². The number of hydrogen-bond donors (Lipinski definition) is 2. The van der Waals surface area contributed by atoms with Crippen LogP contribution in [0.15, 0.2) is 0 Å². The normalized spacial score (nSPS) is 11.1. The zero-order chi connectivity index (χ0) is 11.1. The third-order valence-corrected chi connectivity index (χ3v) is 2.80. The molecule has 1 aromatic heterocycles. The average Bonchev–Trinajstić information content (AvgIpc) is 2.61. The number of aliphatic hydroxyl groups excluding tert-OH is 1. The lowest BCUT2D eigenvalue weighted by Gasteiger charge is -2.19. The maximum absolute atomic E-state index is 8.93. The van der Waals surface area contributed by atoms with Crippen LogP contribution in [0.2, 0.25) is 0 Å². The van der Waals surface area contributed by atoms with Crippen molar-refractivity contribution in [2.24, 2.45) is 0 Å². The molecule has 15 heavy (non-hydrogen) atoms. The van der Waals surface area contributed by atoms with Crippen LogP contribution in [0.3, 0.4) is 0 Å². The summed E-state index contributed by atoms with van der Waals surface area (Å²) >= 11 is 1.22. The Morgan fingerprint density at radius 3 is 2.80 bits per heavy atom. The summed E-state index contributed by atoms with van der Waals surface area (Å²) in [6.07, 6.45) is 2.27. The highest BCUT2D eigenvalue weighted by atomic mass is 32.1. The minimum absolute atomic E-state index is 0.168. The first-order valence-electron chi connectivity index (χ1n) is 5.17. The quantitative estimate of drug-likeness (QED) is 0.721. The van der Waals surface area contributed by atoms with Crippen LogP contribution in [-0.2, 0) is 6.54 Å². The van der Waals surface area contributed by atoms with Crippen LogP contribution in [0.25, 0.3) is 0 Å². The van der Waals surface area contributed by atoms with Gasteiger partial charge in [-0.2, -0.15) is 0 Å². The number of nitrogens with two attached hydrogens (primary N) is 1. The van der Waals surface area contributed by atoms with Crippen molar-refractivity contribution < 1.29 is 5.11 Å². The number of nitrogens with zero attached hydrogens (tertiary/aromatic N) is 3. The maximum Gasteiger partial charge on any atom is 0.132 e. The van der Waals surface area contributed by atoms with Gasteiger partial charge in [0, 0.05) is 24.6 Å². The molecule has 0 aliphatic rings. The Bertz CT molecular complexity index is 279. The average molecular weight is 230 g/mol. The summed E-state index contributed by atoms with van der Waals surface area (Å²) in [5.41, 5.74) is 6.54. The summed E-state index contributed by atoms with van der Waals surface area (Å²) in [6, 6.07) is 0. The Morgan fingerprint density at radius 2 is 2.27 bits per heavy atom. The third kappa shape index (κ3) is 4.11. The first-order valence-corrected chi connectivity index (χ1v) is 5.95. The van der Waals surface area contributed by atoms with Gasteiger partial charge in [-0.05, 0) is 13.0 Å². The molecule has 0 fully saturated rings. The molecule has 5 nitrogen and oxygen atoms in total. The number of hydrogen-bond acceptors (Lipinski definition) is 6. The molecular formula is C9H18N4OS. The number of nitrogen functional groups attached to an aromatic ring is 1. The van der Waals surface area contributed by atoms with Gasteiger partial charge in [-0.15, -0.1) is 5.10 Å². The minimum Gasteiger partial charge on any atom is -0.395 e. The van der Waals surface area contributed by atoms with Gasteiger partial charge in [0.2, 0.25) is 0 Å². The smallest absolute Gasteiger partial charge is 0.132 e. The van der Waals surface area contributed by atoms with E-state index in [-0.39, 0.29) is 6.61 Å². The predicted molar refractivity (Wildman–Crippen MR) is 61.6 cm³/mol. The van der Waals surface area contributed by atoms with Crippen molar-refractivity contribution in [1.29, 1.82) is 0 Å². The topological polar surface area (TPSA) is 75.3 Å². The molecule has 86 valence electrons. The largest absolute Gasteiger partial charge is 0.395 e. The first-order chi connectivity index (χ1) is 7.27. The molecule has 0 unspecified atom stereocenters. The van der Waals surface area contributed by atoms with Crippen molar-refractivity contribution >= 4 is 16.5 Å². The SMILES string of the molecule is CCCCN(CCO)Cc1nnsc1N. The summed E-state index contributed by atoms with van der Waals surface area (Å²) in [7, 11) is 0. The van der Waals surface area contributed by atoms with E-state index in [0.29, 0.717) is 18.1 Å². The van der Waals surface area contributed by atoms with Crippen LogP contribution in [0.1, 0.15) is 25.5 Å². The molecule has 0 saturated heterocycles. The van der Waals surface area contributed by atoms with E-state index in [0.717, 1.165) is 25.1 Å². The Kier molecular flexibility index (Phi) is 5.52. The van der Waals surface area contributed by atoms with E-state index < -0.39 is 0 Å². The molecule has 0 atom stereocenters. The molecule has 0 aliphatic heterocycles. The second-order valence-corrected chi connectivity index (χ2v) is 4.22. The third-order valence-electron chi connectivity index (χ3n) is 2.20. The highest BCUT2D eigenvalue weighted by Gasteiger charge is 2.10. The van der Waals surface area contributed by atoms with Gasteiger partial charge in [-0.1, -0.05) is 17.8 Å². The van der Waals surface area contributed by atoms with E-state index in [2.05, 4.69) is 21.4 Å². The van der Waals surface area contributed by atoms with Gasteiger partial charge in [0.15, 0.2) is 0 Å². The maximum atomic E-state index is 8.93. The summed E-state index contributed by atoms with van der Waals surface area (Å²) < 4.78 is 3.79. The van der Waals surface area contributed by atoms with Gasteiger partial charge in [0.05, 0.1) is 6.61 Å². The molecule has 0 spiro atoms. The molecule has 0 bridgehead atoms. The second-order valence-electron chi connectivity index (χ2n) is 3.44. The fourth-order valence-corrected chi connectivity index (χ4v) is 1.77. The molecule has 3 N–H and O–H groups in total. The standard InChI is InChI=1S/C9H18N4OS/c1-2-3-4-13(5-6-14)7-8-9(10)15-12-11-8/h14H,2-7,10H2,1H3. The van der Waals surface area contributed by atoms with Crippen molar-refractivity contribution in [1.82, 2.24) is 14.5 Å². The van der Waals surface area contributed by atoms with Gasteiger partial charge < -0.3 is 10.8 Å². The molecule has 0 amide bonds. The number of aromatic nitrogens is 2. The van der Waals surface area contributed by atoms with E-state index in [1.807, 2.05) is 0 Å². The molecule has 0 aliphatic carbocycles. The summed E-state index contributed by atoms with van der Waals surface area (Å²) in [5, 5.41) is 13.6. The van der Waals surface area contributed by atoms with Gasteiger partial charge in [0.1, 0.15) is 10.7 Å². The molecule has 0 aromatic carbocycles. The van der Waals surface area contributed by atoms with E-state index in [1.54, 1.807) is 0 Å². The van der Waals surface area contributed by atoms with Crippen molar-refractivity contribution in [3.63, 3.8) is 0 Å². The number of unbranched alkanes of at least 4 members (excludes halogenated alkanes) is 1. The van der Waals surface area contributed by atoms with E-state index >= 15 is 0 Å². The molecular weight excluding hydrogens is 212 g/mol. The van der Waals surface area contributed by atoms with Crippen molar-refractivity contribution in [3.8, 4) is 0 Å². The highest BCUT2D eigenvalue weighted by molar-refractivity contribution is 7.09.